The van der Waals surface area contributed by atoms with Crippen LogP contribution in [0.25, 0.3) is 11.4 Å². The van der Waals surface area contributed by atoms with Crippen LogP contribution in [0.3, 0.4) is 0 Å². The van der Waals surface area contributed by atoms with Crippen molar-refractivity contribution in [2.45, 2.75) is 25.8 Å². The minimum atomic E-state index is 0.855. The van der Waals surface area contributed by atoms with E-state index in [0.29, 0.717) is 0 Å². The van der Waals surface area contributed by atoms with Gasteiger partial charge in [0, 0.05) is 13.0 Å². The lowest BCUT2D eigenvalue weighted by Crippen LogP contribution is -2.11. The first-order valence-corrected chi connectivity index (χ1v) is 5.95. The summed E-state index contributed by atoms with van der Waals surface area (Å²) >= 11 is 0. The van der Waals surface area contributed by atoms with Crippen LogP contribution >= 0.6 is 0 Å². The molecule has 0 atom stereocenters. The number of hydrogen-bond acceptors (Lipinski definition) is 3. The van der Waals surface area contributed by atoms with Crippen LogP contribution in [-0.2, 0) is 13.0 Å². The summed E-state index contributed by atoms with van der Waals surface area (Å²) in [6.45, 7) is 1.01. The van der Waals surface area contributed by atoms with E-state index in [2.05, 4.69) is 14.8 Å². The molecule has 1 aliphatic heterocycles. The second-order valence-electron chi connectivity index (χ2n) is 4.25. The van der Waals surface area contributed by atoms with E-state index in [1.165, 1.54) is 12.8 Å². The predicted octanol–water partition coefficient (Wildman–Crippen LogP) is 2.29. The molecule has 2 aromatic rings. The number of fused-ring (bicyclic) bond motifs is 1. The van der Waals surface area contributed by atoms with Gasteiger partial charge in [-0.2, -0.15) is 0 Å². The molecule has 1 aliphatic rings. The van der Waals surface area contributed by atoms with Crippen LogP contribution in [0.4, 0.5) is 0 Å². The number of hydrogen-bond donors (Lipinski definition) is 0. The third kappa shape index (κ3) is 1.69. The molecule has 0 bridgehead atoms. The topological polar surface area (TPSA) is 39.9 Å². The van der Waals surface area contributed by atoms with Crippen molar-refractivity contribution in [2.75, 3.05) is 7.11 Å². The zero-order valence-electron chi connectivity index (χ0n) is 9.89. The third-order valence-electron chi connectivity index (χ3n) is 3.21. The summed E-state index contributed by atoms with van der Waals surface area (Å²) in [6, 6.07) is 7.96. The Labute approximate surface area is 100 Å². The van der Waals surface area contributed by atoms with E-state index < -0.39 is 0 Å². The molecule has 3 rings (SSSR count). The van der Waals surface area contributed by atoms with E-state index in [9.17, 15) is 0 Å². The third-order valence-corrected chi connectivity index (χ3v) is 3.21. The summed E-state index contributed by atoms with van der Waals surface area (Å²) in [6.07, 6.45) is 3.44. The van der Waals surface area contributed by atoms with Crippen molar-refractivity contribution < 1.29 is 4.74 Å². The molecule has 4 nitrogen and oxygen atoms in total. The first-order chi connectivity index (χ1) is 8.40. The maximum absolute atomic E-state index is 5.38. The van der Waals surface area contributed by atoms with Crippen molar-refractivity contribution in [3.05, 3.63) is 30.1 Å². The number of para-hydroxylation sites is 1. The van der Waals surface area contributed by atoms with Crippen molar-refractivity contribution in [2.24, 2.45) is 0 Å². The van der Waals surface area contributed by atoms with Crippen LogP contribution in [0.1, 0.15) is 18.7 Å². The van der Waals surface area contributed by atoms with Crippen LogP contribution in [0.2, 0.25) is 0 Å². The number of ether oxygens (including phenoxy) is 1. The molecular weight excluding hydrogens is 214 g/mol. The molecule has 4 heteroatoms. The smallest absolute Gasteiger partial charge is 0.167 e. The average molecular weight is 229 g/mol. The molecule has 2 heterocycles. The SMILES string of the molecule is COc1ccccc1-c1nnc2n1CCCC2. The number of methoxy groups -OCH3 is 1. The van der Waals surface area contributed by atoms with Gasteiger partial charge in [0.25, 0.3) is 0 Å². The molecule has 88 valence electrons. The standard InChI is InChI=1S/C13H15N3O/c1-17-11-7-3-2-6-10(11)13-15-14-12-8-4-5-9-16(12)13/h2-3,6-7H,4-5,8-9H2,1H3. The van der Waals surface area contributed by atoms with E-state index in [1.54, 1.807) is 7.11 Å². The lowest BCUT2D eigenvalue weighted by Gasteiger charge is -2.15. The Morgan fingerprint density at radius 2 is 2.06 bits per heavy atom. The van der Waals surface area contributed by atoms with Crippen LogP contribution in [-0.4, -0.2) is 21.9 Å². The molecule has 0 unspecified atom stereocenters. The predicted molar refractivity (Wildman–Crippen MR) is 64.9 cm³/mol. The van der Waals surface area contributed by atoms with Crippen molar-refractivity contribution in [1.29, 1.82) is 0 Å². The molecule has 0 fully saturated rings. The molecule has 0 amide bonds. The first kappa shape index (κ1) is 10.3. The van der Waals surface area contributed by atoms with E-state index >= 15 is 0 Å². The number of aromatic nitrogens is 3. The Morgan fingerprint density at radius 1 is 1.18 bits per heavy atom. The molecule has 0 saturated heterocycles. The highest BCUT2D eigenvalue weighted by Crippen LogP contribution is 2.30. The van der Waals surface area contributed by atoms with Gasteiger partial charge in [0.15, 0.2) is 5.82 Å². The Bertz CT molecular complexity index is 533. The first-order valence-electron chi connectivity index (χ1n) is 5.95. The Morgan fingerprint density at radius 3 is 2.94 bits per heavy atom. The van der Waals surface area contributed by atoms with E-state index in [4.69, 9.17) is 4.74 Å². The second-order valence-corrected chi connectivity index (χ2v) is 4.25. The summed E-state index contributed by atoms with van der Waals surface area (Å²) < 4.78 is 7.59. The van der Waals surface area contributed by atoms with Gasteiger partial charge >= 0.3 is 0 Å². The molecule has 17 heavy (non-hydrogen) atoms. The molecule has 0 N–H and O–H groups in total. The van der Waals surface area contributed by atoms with E-state index in [1.807, 2.05) is 24.3 Å². The fourth-order valence-corrected chi connectivity index (χ4v) is 2.34. The van der Waals surface area contributed by atoms with Gasteiger partial charge in [0.05, 0.1) is 12.7 Å². The number of rotatable bonds is 2. The zero-order valence-corrected chi connectivity index (χ0v) is 9.89. The van der Waals surface area contributed by atoms with Gasteiger partial charge in [-0.3, -0.25) is 0 Å². The van der Waals surface area contributed by atoms with E-state index in [-0.39, 0.29) is 0 Å². The molecule has 0 spiro atoms. The largest absolute Gasteiger partial charge is 0.496 e. The maximum Gasteiger partial charge on any atom is 0.167 e. The van der Waals surface area contributed by atoms with Gasteiger partial charge in [-0.25, -0.2) is 0 Å². The minimum absolute atomic E-state index is 0.855. The fourth-order valence-electron chi connectivity index (χ4n) is 2.34. The summed E-state index contributed by atoms with van der Waals surface area (Å²) in [5.41, 5.74) is 1.02. The van der Waals surface area contributed by atoms with E-state index in [0.717, 1.165) is 35.9 Å². The molecule has 0 aliphatic carbocycles. The Hall–Kier alpha value is -1.84. The fraction of sp³-hybridized carbons (Fsp3) is 0.385. The van der Waals surface area contributed by atoms with Gasteiger partial charge in [-0.05, 0) is 25.0 Å². The van der Waals surface area contributed by atoms with Crippen molar-refractivity contribution in [3.8, 4) is 17.1 Å². The average Bonchev–Trinajstić information content (AvgIpc) is 2.82. The van der Waals surface area contributed by atoms with Crippen LogP contribution in [0, 0.1) is 0 Å². The monoisotopic (exact) mass is 229 g/mol. The second kappa shape index (κ2) is 4.20. The summed E-state index contributed by atoms with van der Waals surface area (Å²) in [4.78, 5) is 0. The number of aryl methyl sites for hydroxylation is 1. The van der Waals surface area contributed by atoms with Crippen molar-refractivity contribution >= 4 is 0 Å². The van der Waals surface area contributed by atoms with Gasteiger partial charge in [0.2, 0.25) is 0 Å². The highest BCUT2D eigenvalue weighted by molar-refractivity contribution is 5.64. The Balaban J connectivity index is 2.12. The number of benzene rings is 1. The molecule has 0 radical (unpaired) electrons. The lowest BCUT2D eigenvalue weighted by molar-refractivity contribution is 0.415. The minimum Gasteiger partial charge on any atom is -0.496 e. The molecule has 1 aromatic carbocycles. The van der Waals surface area contributed by atoms with Gasteiger partial charge in [-0.1, -0.05) is 12.1 Å². The van der Waals surface area contributed by atoms with Crippen LogP contribution < -0.4 is 4.74 Å². The van der Waals surface area contributed by atoms with Gasteiger partial charge in [0.1, 0.15) is 11.6 Å². The van der Waals surface area contributed by atoms with Gasteiger partial charge in [-0.15, -0.1) is 10.2 Å². The summed E-state index contributed by atoms with van der Waals surface area (Å²) in [5, 5.41) is 8.58. The quantitative estimate of drug-likeness (QED) is 0.793. The highest BCUT2D eigenvalue weighted by Gasteiger charge is 2.18. The van der Waals surface area contributed by atoms with Gasteiger partial charge < -0.3 is 9.30 Å². The van der Waals surface area contributed by atoms with Crippen LogP contribution in [0.15, 0.2) is 24.3 Å². The highest BCUT2D eigenvalue weighted by atomic mass is 16.5. The zero-order chi connectivity index (χ0) is 11.7. The Kier molecular flexibility index (Phi) is 2.55. The summed E-state index contributed by atoms with van der Waals surface area (Å²) in [7, 11) is 1.69. The maximum atomic E-state index is 5.38. The lowest BCUT2D eigenvalue weighted by atomic mass is 10.1. The van der Waals surface area contributed by atoms with Crippen LogP contribution in [0.5, 0.6) is 5.75 Å². The number of nitrogens with zero attached hydrogens (tertiary/aromatic N) is 3. The molecular formula is C13H15N3O. The molecule has 1 aromatic heterocycles. The summed E-state index contributed by atoms with van der Waals surface area (Å²) in [5.74, 6) is 2.88. The van der Waals surface area contributed by atoms with Crippen molar-refractivity contribution in [3.63, 3.8) is 0 Å². The normalized spacial score (nSPS) is 14.4. The van der Waals surface area contributed by atoms with Crippen molar-refractivity contribution in [1.82, 2.24) is 14.8 Å². The molecule has 0 saturated carbocycles.